The van der Waals surface area contributed by atoms with Crippen molar-refractivity contribution in [2.24, 2.45) is 5.92 Å². The molecule has 0 bridgehead atoms. The van der Waals surface area contributed by atoms with Crippen molar-refractivity contribution in [2.75, 3.05) is 6.54 Å². The topological polar surface area (TPSA) is 24.1 Å². The summed E-state index contributed by atoms with van der Waals surface area (Å²) in [5.74, 6) is 0.993. The second-order valence-electron chi connectivity index (χ2n) is 6.90. The molecule has 112 valence electrons. The van der Waals surface area contributed by atoms with Crippen LogP contribution in [0.15, 0.2) is 0 Å². The van der Waals surface area contributed by atoms with Gasteiger partial charge in [0, 0.05) is 24.7 Å². The third kappa shape index (κ3) is 5.07. The van der Waals surface area contributed by atoms with Gasteiger partial charge in [0.2, 0.25) is 0 Å². The van der Waals surface area contributed by atoms with E-state index in [-0.39, 0.29) is 0 Å². The van der Waals surface area contributed by atoms with Gasteiger partial charge in [-0.2, -0.15) is 0 Å². The highest BCUT2D eigenvalue weighted by atomic mass is 15.0. The average Bonchev–Trinajstić information content (AvgIpc) is 2.45. The van der Waals surface area contributed by atoms with Gasteiger partial charge in [0.1, 0.15) is 0 Å². The Balaban J connectivity index is 1.61. The lowest BCUT2D eigenvalue weighted by molar-refractivity contribution is 0.172. The molecule has 1 saturated heterocycles. The molecule has 2 aliphatic rings. The summed E-state index contributed by atoms with van der Waals surface area (Å²) in [6.07, 6.45) is 14.1. The van der Waals surface area contributed by atoms with Gasteiger partial charge in [0.25, 0.3) is 0 Å². The van der Waals surface area contributed by atoms with Crippen LogP contribution in [0.2, 0.25) is 0 Å². The molecule has 4 unspecified atom stereocenters. The zero-order valence-electron chi connectivity index (χ0n) is 13.1. The molecule has 1 saturated carbocycles. The first-order valence-electron chi connectivity index (χ1n) is 8.79. The fourth-order valence-corrected chi connectivity index (χ4v) is 3.88. The Morgan fingerprint density at radius 3 is 2.79 bits per heavy atom. The molecule has 0 aromatic carbocycles. The van der Waals surface area contributed by atoms with Gasteiger partial charge < -0.3 is 10.6 Å². The quantitative estimate of drug-likeness (QED) is 0.684. The van der Waals surface area contributed by atoms with E-state index in [1.54, 1.807) is 0 Å². The lowest BCUT2D eigenvalue weighted by atomic mass is 9.78. The fourth-order valence-electron chi connectivity index (χ4n) is 3.88. The van der Waals surface area contributed by atoms with E-state index < -0.39 is 0 Å². The molecule has 4 atom stereocenters. The van der Waals surface area contributed by atoms with Crippen LogP contribution in [0.5, 0.6) is 0 Å². The summed E-state index contributed by atoms with van der Waals surface area (Å²) in [6.45, 7) is 5.81. The number of nitrogens with one attached hydrogen (secondary N) is 2. The normalized spacial score (nSPS) is 32.8. The number of unbranched alkanes of at least 4 members (excludes halogenated alkanes) is 2. The van der Waals surface area contributed by atoms with Crippen LogP contribution in [0.1, 0.15) is 78.1 Å². The van der Waals surface area contributed by atoms with Crippen molar-refractivity contribution in [1.29, 1.82) is 0 Å². The molecule has 2 N–H and O–H groups in total. The summed E-state index contributed by atoms with van der Waals surface area (Å²) in [7, 11) is 0. The molecule has 1 heterocycles. The Hall–Kier alpha value is -0.0800. The molecule has 0 aromatic rings. The van der Waals surface area contributed by atoms with E-state index in [1.165, 1.54) is 70.8 Å². The molecule has 0 spiro atoms. The number of rotatable bonds is 7. The summed E-state index contributed by atoms with van der Waals surface area (Å²) in [4.78, 5) is 0. The smallest absolute Gasteiger partial charge is 0.0195 e. The number of fused-ring (bicyclic) bond motifs is 1. The van der Waals surface area contributed by atoms with Crippen molar-refractivity contribution in [3.05, 3.63) is 0 Å². The van der Waals surface area contributed by atoms with Crippen LogP contribution in [-0.4, -0.2) is 24.7 Å². The highest BCUT2D eigenvalue weighted by molar-refractivity contribution is 4.90. The minimum Gasteiger partial charge on any atom is -0.313 e. The van der Waals surface area contributed by atoms with Crippen molar-refractivity contribution in [3.63, 3.8) is 0 Å². The molecule has 2 fully saturated rings. The summed E-state index contributed by atoms with van der Waals surface area (Å²) in [5.41, 5.74) is 0. The Kier molecular flexibility index (Phi) is 6.66. The molecule has 2 heteroatoms. The standard InChI is InChI=1S/C17H34N2/c1-3-4-5-8-14(2)18-13-16-12-11-15-9-6-7-10-17(15)19-16/h14-19H,3-13H2,1-2H3. The van der Waals surface area contributed by atoms with Gasteiger partial charge >= 0.3 is 0 Å². The van der Waals surface area contributed by atoms with Crippen molar-refractivity contribution >= 4 is 0 Å². The minimum atomic E-state index is 0.692. The highest BCUT2D eigenvalue weighted by Gasteiger charge is 2.31. The van der Waals surface area contributed by atoms with Crippen molar-refractivity contribution < 1.29 is 0 Å². The molecule has 2 nitrogen and oxygen atoms in total. The van der Waals surface area contributed by atoms with Gasteiger partial charge in [-0.1, -0.05) is 39.0 Å². The third-order valence-electron chi connectivity index (χ3n) is 5.20. The molecule has 0 amide bonds. The Morgan fingerprint density at radius 1 is 1.11 bits per heavy atom. The molecular weight excluding hydrogens is 232 g/mol. The monoisotopic (exact) mass is 266 g/mol. The van der Waals surface area contributed by atoms with E-state index in [1.807, 2.05) is 0 Å². The zero-order valence-corrected chi connectivity index (χ0v) is 13.1. The average molecular weight is 266 g/mol. The van der Waals surface area contributed by atoms with Crippen LogP contribution in [-0.2, 0) is 0 Å². The minimum absolute atomic E-state index is 0.692. The van der Waals surface area contributed by atoms with Gasteiger partial charge in [-0.05, 0) is 44.9 Å². The van der Waals surface area contributed by atoms with Crippen LogP contribution in [0, 0.1) is 5.92 Å². The largest absolute Gasteiger partial charge is 0.313 e. The second-order valence-corrected chi connectivity index (χ2v) is 6.90. The van der Waals surface area contributed by atoms with Gasteiger partial charge in [-0.25, -0.2) is 0 Å². The van der Waals surface area contributed by atoms with Crippen LogP contribution < -0.4 is 10.6 Å². The predicted octanol–water partition coefficient (Wildman–Crippen LogP) is 3.86. The van der Waals surface area contributed by atoms with Gasteiger partial charge in [0.05, 0.1) is 0 Å². The number of hydrogen-bond acceptors (Lipinski definition) is 2. The Morgan fingerprint density at radius 2 is 1.95 bits per heavy atom. The van der Waals surface area contributed by atoms with Gasteiger partial charge in [-0.3, -0.25) is 0 Å². The molecule has 2 rings (SSSR count). The maximum Gasteiger partial charge on any atom is 0.0195 e. The molecule has 1 aliphatic heterocycles. The van der Waals surface area contributed by atoms with Crippen LogP contribution in [0.3, 0.4) is 0 Å². The maximum absolute atomic E-state index is 3.92. The fraction of sp³-hybridized carbons (Fsp3) is 1.00. The van der Waals surface area contributed by atoms with E-state index >= 15 is 0 Å². The lowest BCUT2D eigenvalue weighted by Crippen LogP contribution is -2.53. The van der Waals surface area contributed by atoms with Crippen LogP contribution >= 0.6 is 0 Å². The van der Waals surface area contributed by atoms with E-state index in [2.05, 4.69) is 24.5 Å². The molecule has 0 radical (unpaired) electrons. The SMILES string of the molecule is CCCCCC(C)NCC1CCC2CCCCC2N1. The first kappa shape index (κ1) is 15.3. The Bertz CT molecular complexity index is 241. The summed E-state index contributed by atoms with van der Waals surface area (Å²) < 4.78 is 0. The highest BCUT2D eigenvalue weighted by Crippen LogP contribution is 2.32. The zero-order chi connectivity index (χ0) is 13.5. The lowest BCUT2D eigenvalue weighted by Gasteiger charge is -2.41. The molecule has 0 aromatic heterocycles. The third-order valence-corrected chi connectivity index (χ3v) is 5.20. The predicted molar refractivity (Wildman–Crippen MR) is 83.5 cm³/mol. The van der Waals surface area contributed by atoms with Gasteiger partial charge in [0.15, 0.2) is 0 Å². The molecular formula is C17H34N2. The maximum atomic E-state index is 3.92. The summed E-state index contributed by atoms with van der Waals surface area (Å²) in [5, 5.41) is 7.66. The first-order valence-corrected chi connectivity index (χ1v) is 8.79. The van der Waals surface area contributed by atoms with Crippen LogP contribution in [0.4, 0.5) is 0 Å². The van der Waals surface area contributed by atoms with E-state index in [0.717, 1.165) is 18.0 Å². The number of piperidine rings is 1. The molecule has 1 aliphatic carbocycles. The van der Waals surface area contributed by atoms with E-state index in [0.29, 0.717) is 6.04 Å². The van der Waals surface area contributed by atoms with E-state index in [9.17, 15) is 0 Å². The number of hydrogen-bond donors (Lipinski definition) is 2. The Labute approximate surface area is 120 Å². The summed E-state index contributed by atoms with van der Waals surface area (Å²) >= 11 is 0. The molecule has 19 heavy (non-hydrogen) atoms. The second kappa shape index (κ2) is 8.26. The van der Waals surface area contributed by atoms with Gasteiger partial charge in [-0.15, -0.1) is 0 Å². The first-order chi connectivity index (χ1) is 9.29. The van der Waals surface area contributed by atoms with Crippen molar-refractivity contribution in [1.82, 2.24) is 10.6 Å². The summed E-state index contributed by atoms with van der Waals surface area (Å²) in [6, 6.07) is 2.26. The van der Waals surface area contributed by atoms with E-state index in [4.69, 9.17) is 0 Å². The van der Waals surface area contributed by atoms with Crippen LogP contribution in [0.25, 0.3) is 0 Å². The van der Waals surface area contributed by atoms with Crippen molar-refractivity contribution in [3.8, 4) is 0 Å². The van der Waals surface area contributed by atoms with Crippen molar-refractivity contribution in [2.45, 2.75) is 96.2 Å².